The van der Waals surface area contributed by atoms with E-state index in [1.54, 1.807) is 4.90 Å². The zero-order valence-corrected chi connectivity index (χ0v) is 17.0. The second-order valence-electron chi connectivity index (χ2n) is 7.79. The molecule has 4 rings (SSSR count). The SMILES string of the molecule is Cc1[nH]c2ccccc2c1C1c2ccccc2C(=O)N1CC(=O)NCCN(C)C. The van der Waals surface area contributed by atoms with Crippen molar-refractivity contribution >= 4 is 22.7 Å². The Morgan fingerprint density at radius 1 is 1.14 bits per heavy atom. The van der Waals surface area contributed by atoms with Crippen LogP contribution in [0.15, 0.2) is 48.5 Å². The third kappa shape index (κ3) is 3.51. The van der Waals surface area contributed by atoms with Crippen molar-refractivity contribution in [3.63, 3.8) is 0 Å². The van der Waals surface area contributed by atoms with Gasteiger partial charge in [0.05, 0.1) is 6.04 Å². The maximum Gasteiger partial charge on any atom is 0.255 e. The van der Waals surface area contributed by atoms with E-state index >= 15 is 0 Å². The summed E-state index contributed by atoms with van der Waals surface area (Å²) >= 11 is 0. The first kappa shape index (κ1) is 19.2. The summed E-state index contributed by atoms with van der Waals surface area (Å²) in [5, 5.41) is 4.00. The average molecular weight is 390 g/mol. The minimum atomic E-state index is -0.283. The summed E-state index contributed by atoms with van der Waals surface area (Å²) < 4.78 is 0. The number of carbonyl (C=O) groups excluding carboxylic acids is 2. The summed E-state index contributed by atoms with van der Waals surface area (Å²) in [5.74, 6) is -0.242. The van der Waals surface area contributed by atoms with Gasteiger partial charge in [0.15, 0.2) is 0 Å². The van der Waals surface area contributed by atoms with E-state index in [1.165, 1.54) is 0 Å². The zero-order chi connectivity index (χ0) is 20.5. The number of benzene rings is 2. The molecule has 0 radical (unpaired) electrons. The standard InChI is InChI=1S/C23H26N4O2/c1-15-21(18-10-6-7-11-19(18)25-15)22-16-8-4-5-9-17(16)23(29)27(22)14-20(28)24-12-13-26(2)3/h4-11,22,25H,12-14H2,1-3H3,(H,24,28). The van der Waals surface area contributed by atoms with E-state index in [0.717, 1.165) is 34.3 Å². The summed E-state index contributed by atoms with van der Waals surface area (Å²) in [7, 11) is 3.92. The van der Waals surface area contributed by atoms with Crippen molar-refractivity contribution in [1.82, 2.24) is 20.1 Å². The topological polar surface area (TPSA) is 68.4 Å². The van der Waals surface area contributed by atoms with Crippen molar-refractivity contribution in [3.8, 4) is 0 Å². The molecule has 2 heterocycles. The fourth-order valence-corrected chi connectivity index (χ4v) is 4.12. The van der Waals surface area contributed by atoms with Crippen LogP contribution in [0.4, 0.5) is 0 Å². The molecule has 29 heavy (non-hydrogen) atoms. The molecule has 3 aromatic rings. The van der Waals surface area contributed by atoms with Gasteiger partial charge in [-0.3, -0.25) is 9.59 Å². The predicted molar refractivity (Wildman–Crippen MR) is 114 cm³/mol. The average Bonchev–Trinajstić information content (AvgIpc) is 3.15. The predicted octanol–water partition coefficient (Wildman–Crippen LogP) is 2.70. The first-order chi connectivity index (χ1) is 14.0. The van der Waals surface area contributed by atoms with Crippen molar-refractivity contribution in [1.29, 1.82) is 0 Å². The minimum absolute atomic E-state index is 0.0323. The number of fused-ring (bicyclic) bond motifs is 2. The molecule has 0 spiro atoms. The van der Waals surface area contributed by atoms with E-state index in [9.17, 15) is 9.59 Å². The Balaban J connectivity index is 1.71. The van der Waals surface area contributed by atoms with Gasteiger partial charge in [-0.05, 0) is 38.7 Å². The van der Waals surface area contributed by atoms with E-state index in [2.05, 4.69) is 16.4 Å². The van der Waals surface area contributed by atoms with E-state index in [0.29, 0.717) is 12.1 Å². The fourth-order valence-electron chi connectivity index (χ4n) is 4.12. The maximum absolute atomic E-state index is 13.2. The number of nitrogens with one attached hydrogen (secondary N) is 2. The van der Waals surface area contributed by atoms with Gasteiger partial charge in [-0.2, -0.15) is 0 Å². The smallest absolute Gasteiger partial charge is 0.255 e. The van der Waals surface area contributed by atoms with Crippen LogP contribution < -0.4 is 5.32 Å². The molecule has 0 fully saturated rings. The number of nitrogens with zero attached hydrogens (tertiary/aromatic N) is 2. The lowest BCUT2D eigenvalue weighted by Crippen LogP contribution is -2.41. The second-order valence-corrected chi connectivity index (χ2v) is 7.79. The number of H-pyrrole nitrogens is 1. The summed E-state index contributed by atoms with van der Waals surface area (Å²) in [5.41, 5.74) is 4.72. The lowest BCUT2D eigenvalue weighted by Gasteiger charge is -2.26. The van der Waals surface area contributed by atoms with Crippen LogP contribution in [0.2, 0.25) is 0 Å². The van der Waals surface area contributed by atoms with Crippen LogP contribution in [-0.2, 0) is 4.79 Å². The number of carbonyl (C=O) groups is 2. The zero-order valence-electron chi connectivity index (χ0n) is 17.0. The Hall–Kier alpha value is -3.12. The first-order valence-electron chi connectivity index (χ1n) is 9.86. The molecule has 1 aliphatic rings. The molecule has 0 saturated heterocycles. The molecule has 1 unspecified atom stereocenters. The molecule has 2 amide bonds. The molecule has 0 aliphatic carbocycles. The van der Waals surface area contributed by atoms with Crippen LogP contribution in [0, 0.1) is 6.92 Å². The van der Waals surface area contributed by atoms with Crippen molar-refractivity contribution in [2.75, 3.05) is 33.7 Å². The van der Waals surface area contributed by atoms with Gasteiger partial charge in [-0.1, -0.05) is 36.4 Å². The number of rotatable bonds is 6. The van der Waals surface area contributed by atoms with Gasteiger partial charge in [-0.15, -0.1) is 0 Å². The van der Waals surface area contributed by atoms with Gasteiger partial charge >= 0.3 is 0 Å². The Bertz CT molecular complexity index is 1070. The van der Waals surface area contributed by atoms with Crippen LogP contribution in [0.25, 0.3) is 10.9 Å². The highest BCUT2D eigenvalue weighted by Gasteiger charge is 2.40. The largest absolute Gasteiger partial charge is 0.358 e. The van der Waals surface area contributed by atoms with Gasteiger partial charge in [0.2, 0.25) is 5.91 Å². The van der Waals surface area contributed by atoms with Crippen molar-refractivity contribution < 1.29 is 9.59 Å². The van der Waals surface area contributed by atoms with Gasteiger partial charge in [0.1, 0.15) is 6.54 Å². The molecule has 2 N–H and O–H groups in total. The third-order valence-corrected chi connectivity index (χ3v) is 5.47. The lowest BCUT2D eigenvalue weighted by molar-refractivity contribution is -0.122. The Morgan fingerprint density at radius 2 is 1.86 bits per heavy atom. The molecule has 1 aliphatic heterocycles. The quantitative estimate of drug-likeness (QED) is 0.680. The molecular weight excluding hydrogens is 364 g/mol. The van der Waals surface area contributed by atoms with Crippen LogP contribution in [-0.4, -0.2) is 60.3 Å². The van der Waals surface area contributed by atoms with Crippen LogP contribution in [0.5, 0.6) is 0 Å². The number of likely N-dealkylation sites (N-methyl/N-ethyl adjacent to an activating group) is 1. The molecule has 1 aromatic heterocycles. The molecule has 1 atom stereocenters. The van der Waals surface area contributed by atoms with Crippen molar-refractivity contribution in [3.05, 3.63) is 70.9 Å². The number of hydrogen-bond acceptors (Lipinski definition) is 3. The summed E-state index contributed by atoms with van der Waals surface area (Å²) in [6.45, 7) is 3.36. The number of amides is 2. The summed E-state index contributed by atoms with van der Waals surface area (Å²) in [4.78, 5) is 32.9. The van der Waals surface area contributed by atoms with E-state index in [-0.39, 0.29) is 24.4 Å². The molecule has 6 heteroatoms. The second kappa shape index (κ2) is 7.72. The van der Waals surface area contributed by atoms with E-state index in [4.69, 9.17) is 0 Å². The Morgan fingerprint density at radius 3 is 2.66 bits per heavy atom. The summed E-state index contributed by atoms with van der Waals surface area (Å²) in [6, 6.07) is 15.5. The Labute approximate surface area is 170 Å². The van der Waals surface area contributed by atoms with Crippen LogP contribution >= 0.6 is 0 Å². The maximum atomic E-state index is 13.2. The van der Waals surface area contributed by atoms with Crippen molar-refractivity contribution in [2.45, 2.75) is 13.0 Å². The van der Waals surface area contributed by atoms with Crippen molar-refractivity contribution in [2.24, 2.45) is 0 Å². The molecular formula is C23H26N4O2. The summed E-state index contributed by atoms with van der Waals surface area (Å²) in [6.07, 6.45) is 0. The van der Waals surface area contributed by atoms with Crippen LogP contribution in [0.1, 0.15) is 33.2 Å². The molecule has 0 saturated carbocycles. The lowest BCUT2D eigenvalue weighted by atomic mass is 9.95. The van der Waals surface area contributed by atoms with Crippen LogP contribution in [0.3, 0.4) is 0 Å². The highest BCUT2D eigenvalue weighted by Crippen LogP contribution is 2.42. The van der Waals surface area contributed by atoms with Gasteiger partial charge < -0.3 is 20.1 Å². The Kier molecular flexibility index (Phi) is 5.11. The fraction of sp³-hybridized carbons (Fsp3) is 0.304. The number of hydrogen-bond donors (Lipinski definition) is 2. The monoisotopic (exact) mass is 390 g/mol. The molecule has 0 bridgehead atoms. The minimum Gasteiger partial charge on any atom is -0.358 e. The number of para-hydroxylation sites is 1. The van der Waals surface area contributed by atoms with Gasteiger partial charge in [-0.25, -0.2) is 0 Å². The van der Waals surface area contributed by atoms with Gasteiger partial charge in [0, 0.05) is 40.8 Å². The molecule has 2 aromatic carbocycles. The third-order valence-electron chi connectivity index (χ3n) is 5.47. The molecule has 6 nitrogen and oxygen atoms in total. The highest BCUT2D eigenvalue weighted by molar-refractivity contribution is 6.02. The number of aromatic amines is 1. The number of aromatic nitrogens is 1. The first-order valence-corrected chi connectivity index (χ1v) is 9.86. The highest BCUT2D eigenvalue weighted by atomic mass is 16.2. The number of aryl methyl sites for hydroxylation is 1. The molecule has 150 valence electrons. The van der Waals surface area contributed by atoms with Gasteiger partial charge in [0.25, 0.3) is 5.91 Å². The normalized spacial score (nSPS) is 15.9. The van der Waals surface area contributed by atoms with E-state index < -0.39 is 0 Å². The van der Waals surface area contributed by atoms with E-state index in [1.807, 2.05) is 68.4 Å².